The van der Waals surface area contributed by atoms with Gasteiger partial charge in [0, 0.05) is 26.1 Å². The highest BCUT2D eigenvalue weighted by molar-refractivity contribution is 5.72. The molecule has 0 fully saturated rings. The zero-order valence-corrected chi connectivity index (χ0v) is 12.3. The molecular weight excluding hydrogens is 282 g/mol. The number of nitrogens with one attached hydrogen (secondary N) is 1. The molecule has 1 amide bonds. The minimum atomic E-state index is -0.0475. The van der Waals surface area contributed by atoms with Crippen LogP contribution in [0.4, 0.5) is 0 Å². The van der Waals surface area contributed by atoms with E-state index >= 15 is 0 Å². The second kappa shape index (κ2) is 7.87. The van der Waals surface area contributed by atoms with Crippen LogP contribution in [0.5, 0.6) is 0 Å². The number of amides is 1. The van der Waals surface area contributed by atoms with Crippen LogP contribution in [0.1, 0.15) is 29.4 Å². The molecule has 6 nitrogen and oxygen atoms in total. The molecule has 0 spiro atoms. The third-order valence-electron chi connectivity index (χ3n) is 2.98. The number of hydrogen-bond donors (Lipinski definition) is 1. The van der Waals surface area contributed by atoms with Crippen LogP contribution in [0.25, 0.3) is 0 Å². The maximum atomic E-state index is 10.9. The van der Waals surface area contributed by atoms with E-state index in [4.69, 9.17) is 0 Å². The molecule has 0 aliphatic carbocycles. The van der Waals surface area contributed by atoms with E-state index in [-0.39, 0.29) is 12.5 Å². The Morgan fingerprint density at radius 1 is 1.18 bits per heavy atom. The Bertz CT molecular complexity index is 641. The van der Waals surface area contributed by atoms with Crippen LogP contribution in [-0.2, 0) is 33.9 Å². The quantitative estimate of drug-likeness (QED) is 0.781. The Morgan fingerprint density at radius 2 is 1.86 bits per heavy atom. The van der Waals surface area contributed by atoms with Gasteiger partial charge in [-0.25, -0.2) is 0 Å². The summed E-state index contributed by atoms with van der Waals surface area (Å²) in [7, 11) is 0. The van der Waals surface area contributed by atoms with E-state index in [2.05, 4.69) is 20.0 Å². The number of nitrogens with zero attached hydrogens (tertiary/aromatic N) is 2. The van der Waals surface area contributed by atoms with Crippen molar-refractivity contribution in [2.24, 2.45) is 0 Å². The van der Waals surface area contributed by atoms with Crippen molar-refractivity contribution >= 4 is 12.4 Å². The first-order chi connectivity index (χ1) is 10.7. The van der Waals surface area contributed by atoms with Gasteiger partial charge in [-0.15, -0.1) is 0 Å². The Labute approximate surface area is 128 Å². The van der Waals surface area contributed by atoms with Crippen molar-refractivity contribution in [1.29, 1.82) is 0 Å². The number of hydrogen-bond acceptors (Lipinski definition) is 5. The lowest BCUT2D eigenvalue weighted by atomic mass is 10.1. The highest BCUT2D eigenvalue weighted by Crippen LogP contribution is 2.09. The molecule has 0 aliphatic rings. The Morgan fingerprint density at radius 3 is 2.55 bits per heavy atom. The first kappa shape index (κ1) is 15.6. The lowest BCUT2D eigenvalue weighted by molar-refractivity contribution is -0.130. The Kier molecular flexibility index (Phi) is 5.59. The lowest BCUT2D eigenvalue weighted by Crippen LogP contribution is -2.18. The fraction of sp³-hybridized carbons (Fsp3) is 0.250. The van der Waals surface area contributed by atoms with Gasteiger partial charge in [0.25, 0.3) is 6.47 Å². The second-order valence-corrected chi connectivity index (χ2v) is 4.81. The minimum Gasteiger partial charge on any atom is -0.461 e. The van der Waals surface area contributed by atoms with Crippen molar-refractivity contribution in [2.45, 2.75) is 26.5 Å². The number of aromatic nitrogens is 2. The van der Waals surface area contributed by atoms with Crippen LogP contribution in [0.2, 0.25) is 0 Å². The summed E-state index contributed by atoms with van der Waals surface area (Å²) in [6.07, 6.45) is 3.90. The van der Waals surface area contributed by atoms with Crippen LogP contribution in [0.15, 0.2) is 36.7 Å². The highest BCUT2D eigenvalue weighted by Gasteiger charge is 2.02. The summed E-state index contributed by atoms with van der Waals surface area (Å²) >= 11 is 0. The molecule has 0 atom stereocenters. The molecule has 2 rings (SSSR count). The summed E-state index contributed by atoms with van der Waals surface area (Å²) < 4.78 is 4.67. The summed E-state index contributed by atoms with van der Waals surface area (Å²) in [6, 6.07) is 7.93. The van der Waals surface area contributed by atoms with Gasteiger partial charge in [-0.1, -0.05) is 24.3 Å². The number of ether oxygens (including phenoxy) is 1. The maximum absolute atomic E-state index is 10.9. The zero-order valence-electron chi connectivity index (χ0n) is 12.3. The van der Waals surface area contributed by atoms with Crippen LogP contribution >= 0.6 is 0 Å². The predicted molar refractivity (Wildman–Crippen MR) is 79.7 cm³/mol. The molecule has 0 radical (unpaired) electrons. The average Bonchev–Trinajstić information content (AvgIpc) is 2.52. The summed E-state index contributed by atoms with van der Waals surface area (Å²) in [5, 5.41) is 2.75. The number of rotatable bonds is 7. The van der Waals surface area contributed by atoms with Crippen molar-refractivity contribution in [3.05, 3.63) is 59.2 Å². The van der Waals surface area contributed by atoms with Crippen molar-refractivity contribution in [1.82, 2.24) is 15.3 Å². The summed E-state index contributed by atoms with van der Waals surface area (Å²) in [5.41, 5.74) is 3.56. The molecule has 0 aliphatic heterocycles. The first-order valence-electron chi connectivity index (χ1n) is 6.84. The monoisotopic (exact) mass is 299 g/mol. The molecule has 6 heteroatoms. The standard InChI is InChI=1S/C16H17N3O3/c1-12(21)18-7-14-4-2-13(3-5-14)6-15-8-17-9-16(19-15)10-22-11-20/h2-5,8-9,11H,6-7,10H2,1H3,(H,18,21). The number of benzene rings is 1. The molecule has 0 unspecified atom stereocenters. The van der Waals surface area contributed by atoms with E-state index < -0.39 is 0 Å². The van der Waals surface area contributed by atoms with E-state index in [0.29, 0.717) is 25.1 Å². The van der Waals surface area contributed by atoms with Gasteiger partial charge >= 0.3 is 0 Å². The Hall–Kier alpha value is -2.76. The van der Waals surface area contributed by atoms with Crippen molar-refractivity contribution in [2.75, 3.05) is 0 Å². The van der Waals surface area contributed by atoms with Crippen LogP contribution < -0.4 is 5.32 Å². The fourth-order valence-corrected chi connectivity index (χ4v) is 1.94. The predicted octanol–water partition coefficient (Wildman–Crippen LogP) is 1.38. The molecule has 0 bridgehead atoms. The first-order valence-corrected chi connectivity index (χ1v) is 6.84. The van der Waals surface area contributed by atoms with Gasteiger partial charge in [0.1, 0.15) is 6.61 Å². The van der Waals surface area contributed by atoms with E-state index in [1.165, 1.54) is 6.92 Å². The summed E-state index contributed by atoms with van der Waals surface area (Å²) in [5.74, 6) is -0.0475. The average molecular weight is 299 g/mol. The van der Waals surface area contributed by atoms with Crippen LogP contribution in [-0.4, -0.2) is 22.3 Å². The smallest absolute Gasteiger partial charge is 0.293 e. The molecule has 1 N–H and O–H groups in total. The van der Waals surface area contributed by atoms with Crippen molar-refractivity contribution in [3.8, 4) is 0 Å². The normalized spacial score (nSPS) is 10.0. The van der Waals surface area contributed by atoms with Gasteiger partial charge in [-0.05, 0) is 11.1 Å². The van der Waals surface area contributed by atoms with Crippen molar-refractivity contribution in [3.63, 3.8) is 0 Å². The van der Waals surface area contributed by atoms with E-state index in [1.807, 2.05) is 24.3 Å². The highest BCUT2D eigenvalue weighted by atomic mass is 16.5. The summed E-state index contributed by atoms with van der Waals surface area (Å²) in [6.45, 7) is 2.53. The van der Waals surface area contributed by atoms with Gasteiger partial charge < -0.3 is 10.1 Å². The molecule has 2 aromatic rings. The van der Waals surface area contributed by atoms with E-state index in [9.17, 15) is 9.59 Å². The van der Waals surface area contributed by atoms with Gasteiger partial charge in [0.05, 0.1) is 17.6 Å². The van der Waals surface area contributed by atoms with Gasteiger partial charge in [0.2, 0.25) is 5.91 Å². The van der Waals surface area contributed by atoms with Crippen LogP contribution in [0, 0.1) is 0 Å². The van der Waals surface area contributed by atoms with Gasteiger partial charge in [-0.3, -0.25) is 19.6 Å². The fourth-order valence-electron chi connectivity index (χ4n) is 1.94. The summed E-state index contributed by atoms with van der Waals surface area (Å²) in [4.78, 5) is 29.5. The molecule has 0 saturated carbocycles. The molecule has 114 valence electrons. The molecule has 1 aromatic carbocycles. The third kappa shape index (κ3) is 4.97. The number of carbonyl (C=O) groups is 2. The molecule has 22 heavy (non-hydrogen) atoms. The second-order valence-electron chi connectivity index (χ2n) is 4.81. The third-order valence-corrected chi connectivity index (χ3v) is 2.98. The zero-order chi connectivity index (χ0) is 15.8. The van der Waals surface area contributed by atoms with E-state index in [1.54, 1.807) is 12.4 Å². The largest absolute Gasteiger partial charge is 0.461 e. The molecule has 1 heterocycles. The molecule has 1 aromatic heterocycles. The van der Waals surface area contributed by atoms with Gasteiger partial charge in [0.15, 0.2) is 0 Å². The number of carbonyl (C=O) groups excluding carboxylic acids is 2. The van der Waals surface area contributed by atoms with Crippen molar-refractivity contribution < 1.29 is 14.3 Å². The SMILES string of the molecule is CC(=O)NCc1ccc(Cc2cncc(COC=O)n2)cc1. The Balaban J connectivity index is 1.98. The molecular formula is C16H17N3O3. The molecule has 0 saturated heterocycles. The minimum absolute atomic E-state index is 0.0475. The van der Waals surface area contributed by atoms with E-state index in [0.717, 1.165) is 16.8 Å². The van der Waals surface area contributed by atoms with Crippen LogP contribution in [0.3, 0.4) is 0 Å². The maximum Gasteiger partial charge on any atom is 0.293 e. The topological polar surface area (TPSA) is 81.2 Å². The van der Waals surface area contributed by atoms with Gasteiger partial charge in [-0.2, -0.15) is 0 Å². The lowest BCUT2D eigenvalue weighted by Gasteiger charge is -2.06.